The van der Waals surface area contributed by atoms with Crippen LogP contribution >= 0.6 is 0 Å². The highest BCUT2D eigenvalue weighted by atomic mass is 15.1. The first-order chi connectivity index (χ1) is 9.79. The highest BCUT2D eigenvalue weighted by Gasteiger charge is 2.14. The summed E-state index contributed by atoms with van der Waals surface area (Å²) in [7, 11) is 0. The maximum atomic E-state index is 6.02. The Hall–Kier alpha value is -1.51. The van der Waals surface area contributed by atoms with E-state index in [1.54, 1.807) is 0 Å². The van der Waals surface area contributed by atoms with Gasteiger partial charge in [-0.1, -0.05) is 56.5 Å². The Labute approximate surface area is 122 Å². The summed E-state index contributed by atoms with van der Waals surface area (Å²) in [5.41, 5.74) is 7.38. The van der Waals surface area contributed by atoms with Gasteiger partial charge in [0, 0.05) is 18.5 Å². The van der Waals surface area contributed by atoms with Gasteiger partial charge >= 0.3 is 0 Å². The molecule has 0 aliphatic heterocycles. The Morgan fingerprint density at radius 2 is 1.95 bits per heavy atom. The molecule has 20 heavy (non-hydrogen) atoms. The van der Waals surface area contributed by atoms with Crippen molar-refractivity contribution in [3.8, 4) is 0 Å². The molecule has 3 nitrogen and oxygen atoms in total. The molecule has 1 saturated carbocycles. The quantitative estimate of drug-likeness (QED) is 0.638. The van der Waals surface area contributed by atoms with Crippen molar-refractivity contribution >= 4 is 5.96 Å². The van der Waals surface area contributed by atoms with Crippen LogP contribution in [0.4, 0.5) is 0 Å². The van der Waals surface area contributed by atoms with Crippen LogP contribution < -0.4 is 11.1 Å². The van der Waals surface area contributed by atoms with E-state index >= 15 is 0 Å². The van der Waals surface area contributed by atoms with E-state index in [4.69, 9.17) is 5.73 Å². The van der Waals surface area contributed by atoms with Crippen molar-refractivity contribution in [3.05, 3.63) is 35.9 Å². The molecule has 1 aliphatic rings. The minimum Gasteiger partial charge on any atom is -0.370 e. The molecular formula is C17H27N3. The molecule has 1 aromatic carbocycles. The predicted molar refractivity (Wildman–Crippen MR) is 86.0 cm³/mol. The zero-order valence-corrected chi connectivity index (χ0v) is 12.5. The van der Waals surface area contributed by atoms with E-state index in [-0.39, 0.29) is 0 Å². The number of nitrogens with two attached hydrogens (primary N) is 1. The van der Waals surface area contributed by atoms with Crippen LogP contribution in [0.5, 0.6) is 0 Å². The van der Waals surface area contributed by atoms with Crippen LogP contribution in [0.3, 0.4) is 0 Å². The van der Waals surface area contributed by atoms with Crippen molar-refractivity contribution in [1.29, 1.82) is 0 Å². The van der Waals surface area contributed by atoms with Gasteiger partial charge in [0.25, 0.3) is 0 Å². The Morgan fingerprint density at radius 3 is 2.60 bits per heavy atom. The number of aliphatic imine (C=N–C) groups is 1. The molecule has 1 fully saturated rings. The molecule has 0 spiro atoms. The van der Waals surface area contributed by atoms with Crippen LogP contribution in [0.1, 0.15) is 56.9 Å². The lowest BCUT2D eigenvalue weighted by Crippen LogP contribution is -2.41. The summed E-state index contributed by atoms with van der Waals surface area (Å²) in [4.78, 5) is 4.55. The minimum atomic E-state index is 0.461. The van der Waals surface area contributed by atoms with Crippen LogP contribution in [0, 0.1) is 0 Å². The van der Waals surface area contributed by atoms with Crippen LogP contribution in [0.2, 0.25) is 0 Å². The molecule has 110 valence electrons. The molecule has 0 amide bonds. The Morgan fingerprint density at radius 1 is 1.25 bits per heavy atom. The smallest absolute Gasteiger partial charge is 0.188 e. The van der Waals surface area contributed by atoms with Gasteiger partial charge in [0.15, 0.2) is 5.96 Å². The molecule has 1 atom stereocenters. The third kappa shape index (κ3) is 4.55. The molecule has 0 aromatic heterocycles. The number of hydrogen-bond donors (Lipinski definition) is 2. The summed E-state index contributed by atoms with van der Waals surface area (Å²) in [6.45, 7) is 2.98. The van der Waals surface area contributed by atoms with Gasteiger partial charge in [-0.3, -0.25) is 4.99 Å². The second-order valence-electron chi connectivity index (χ2n) is 5.72. The Bertz CT molecular complexity index is 408. The number of benzene rings is 1. The van der Waals surface area contributed by atoms with E-state index in [9.17, 15) is 0 Å². The van der Waals surface area contributed by atoms with Crippen molar-refractivity contribution in [2.45, 2.75) is 57.4 Å². The maximum absolute atomic E-state index is 6.02. The molecule has 0 bridgehead atoms. The first kappa shape index (κ1) is 14.9. The van der Waals surface area contributed by atoms with Crippen LogP contribution in [-0.2, 0) is 0 Å². The summed E-state index contributed by atoms with van der Waals surface area (Å²) in [6, 6.07) is 11.1. The second kappa shape index (κ2) is 7.93. The molecule has 0 saturated heterocycles. The van der Waals surface area contributed by atoms with Gasteiger partial charge in [-0.25, -0.2) is 0 Å². The molecule has 1 aromatic rings. The van der Waals surface area contributed by atoms with Gasteiger partial charge in [0.2, 0.25) is 0 Å². The molecule has 0 heterocycles. The first-order valence-corrected chi connectivity index (χ1v) is 7.91. The predicted octanol–water partition coefficient (Wildman–Crippen LogP) is 3.42. The number of hydrogen-bond acceptors (Lipinski definition) is 1. The largest absolute Gasteiger partial charge is 0.370 e. The summed E-state index contributed by atoms with van der Waals surface area (Å²) in [5, 5.41) is 3.38. The maximum Gasteiger partial charge on any atom is 0.188 e. The van der Waals surface area contributed by atoms with E-state index in [1.165, 1.54) is 37.7 Å². The molecular weight excluding hydrogens is 246 g/mol. The zero-order valence-electron chi connectivity index (χ0n) is 12.5. The monoisotopic (exact) mass is 273 g/mol. The highest BCUT2D eigenvalue weighted by molar-refractivity contribution is 5.78. The van der Waals surface area contributed by atoms with Gasteiger partial charge in [-0.05, 0) is 24.8 Å². The number of nitrogens with one attached hydrogen (secondary N) is 1. The molecule has 3 heteroatoms. The normalized spacial score (nSPS) is 18.8. The highest BCUT2D eigenvalue weighted by Crippen LogP contribution is 2.19. The molecule has 3 N–H and O–H groups in total. The summed E-state index contributed by atoms with van der Waals surface area (Å²) in [5.74, 6) is 1.08. The minimum absolute atomic E-state index is 0.461. The molecule has 1 aliphatic carbocycles. The summed E-state index contributed by atoms with van der Waals surface area (Å²) in [6.07, 6.45) is 7.53. The Balaban J connectivity index is 1.86. The number of guanidine groups is 1. The fourth-order valence-electron chi connectivity index (χ4n) is 2.91. The average molecular weight is 273 g/mol. The molecule has 0 radical (unpaired) electrons. The fourth-order valence-corrected chi connectivity index (χ4v) is 2.91. The van der Waals surface area contributed by atoms with Crippen LogP contribution in [-0.4, -0.2) is 18.5 Å². The van der Waals surface area contributed by atoms with Crippen molar-refractivity contribution in [1.82, 2.24) is 5.32 Å². The topological polar surface area (TPSA) is 50.4 Å². The van der Waals surface area contributed by atoms with Crippen LogP contribution in [0.15, 0.2) is 35.3 Å². The lowest BCUT2D eigenvalue weighted by Gasteiger charge is -2.23. The fraction of sp³-hybridized carbons (Fsp3) is 0.588. The lowest BCUT2D eigenvalue weighted by atomic mass is 9.95. The SMILES string of the molecule is CCC(CN=C(N)NC1CCCCC1)c1ccccc1. The standard InChI is InChI=1S/C17H27N3/c1-2-14(15-9-5-3-6-10-15)13-19-17(18)20-16-11-7-4-8-12-16/h3,5-6,9-10,14,16H,2,4,7-8,11-13H2,1H3,(H3,18,19,20). The zero-order chi connectivity index (χ0) is 14.2. The van der Waals surface area contributed by atoms with E-state index in [1.807, 2.05) is 0 Å². The first-order valence-electron chi connectivity index (χ1n) is 7.91. The summed E-state index contributed by atoms with van der Waals surface area (Å²) < 4.78 is 0. The van der Waals surface area contributed by atoms with E-state index in [0.717, 1.165) is 13.0 Å². The third-order valence-electron chi connectivity index (χ3n) is 4.20. The lowest BCUT2D eigenvalue weighted by molar-refractivity contribution is 0.412. The van der Waals surface area contributed by atoms with Gasteiger partial charge in [-0.15, -0.1) is 0 Å². The summed E-state index contributed by atoms with van der Waals surface area (Å²) >= 11 is 0. The van der Waals surface area contributed by atoms with Gasteiger partial charge < -0.3 is 11.1 Å². The van der Waals surface area contributed by atoms with Crippen LogP contribution in [0.25, 0.3) is 0 Å². The number of nitrogens with zero attached hydrogens (tertiary/aromatic N) is 1. The molecule has 1 unspecified atom stereocenters. The van der Waals surface area contributed by atoms with E-state index in [0.29, 0.717) is 17.9 Å². The molecule has 2 rings (SSSR count). The van der Waals surface area contributed by atoms with E-state index < -0.39 is 0 Å². The van der Waals surface area contributed by atoms with Gasteiger partial charge in [-0.2, -0.15) is 0 Å². The second-order valence-corrected chi connectivity index (χ2v) is 5.72. The van der Waals surface area contributed by atoms with Crippen molar-refractivity contribution in [2.24, 2.45) is 10.7 Å². The number of rotatable bonds is 5. The van der Waals surface area contributed by atoms with Crippen molar-refractivity contribution in [2.75, 3.05) is 6.54 Å². The van der Waals surface area contributed by atoms with Crippen molar-refractivity contribution in [3.63, 3.8) is 0 Å². The Kier molecular flexibility index (Phi) is 5.90. The van der Waals surface area contributed by atoms with E-state index in [2.05, 4.69) is 47.6 Å². The third-order valence-corrected chi connectivity index (χ3v) is 4.20. The van der Waals surface area contributed by atoms with Gasteiger partial charge in [0.05, 0.1) is 0 Å². The van der Waals surface area contributed by atoms with Crippen molar-refractivity contribution < 1.29 is 0 Å². The van der Waals surface area contributed by atoms with Gasteiger partial charge in [0.1, 0.15) is 0 Å². The average Bonchev–Trinajstić information content (AvgIpc) is 2.50.